The van der Waals surface area contributed by atoms with Crippen LogP contribution in [0.2, 0.25) is 0 Å². The number of unbranched alkanes of at least 4 members (excludes halogenated alkanes) is 1. The van der Waals surface area contributed by atoms with Crippen LogP contribution in [0, 0.1) is 29.1 Å². The summed E-state index contributed by atoms with van der Waals surface area (Å²) in [6.07, 6.45) is 18.5. The molecule has 0 spiro atoms. The first-order valence-electron chi connectivity index (χ1n) is 10.5. The third kappa shape index (κ3) is 2.82. The molecule has 5 unspecified atom stereocenters. The van der Waals surface area contributed by atoms with E-state index in [1.54, 1.807) is 12.0 Å². The summed E-state index contributed by atoms with van der Waals surface area (Å²) in [5.41, 5.74) is 6.08. The molecule has 0 radical (unpaired) electrons. The average molecular weight is 329 g/mol. The zero-order valence-corrected chi connectivity index (χ0v) is 15.7. The molecule has 0 heteroatoms. The van der Waals surface area contributed by atoms with Crippen LogP contribution in [0.25, 0.3) is 0 Å². The van der Waals surface area contributed by atoms with E-state index in [2.05, 4.69) is 26.8 Å². The van der Waals surface area contributed by atoms with Crippen LogP contribution in [0.1, 0.15) is 98.8 Å². The topological polar surface area (TPSA) is 0 Å². The van der Waals surface area contributed by atoms with Crippen LogP contribution in [0.5, 0.6) is 0 Å². The van der Waals surface area contributed by atoms with Gasteiger partial charge in [0.1, 0.15) is 0 Å². The highest BCUT2D eigenvalue weighted by Crippen LogP contribution is 2.63. The molecule has 0 amide bonds. The maximum Gasteiger partial charge on any atom is -0.0108 e. The third-order valence-corrected chi connectivity index (χ3v) is 8.38. The van der Waals surface area contributed by atoms with Crippen LogP contribution in [0.3, 0.4) is 0 Å². The van der Waals surface area contributed by atoms with Crippen molar-refractivity contribution in [3.8, 4) is 0 Å². The van der Waals surface area contributed by atoms with Crippen LogP contribution in [0.4, 0.5) is 0 Å². The fourth-order valence-corrected chi connectivity index (χ4v) is 7.11. The fourth-order valence-electron chi connectivity index (χ4n) is 7.11. The van der Waals surface area contributed by atoms with Crippen LogP contribution in [0.15, 0.2) is 22.8 Å². The normalized spacial score (nSPS) is 41.0. The molecular weight excluding hydrogens is 288 g/mol. The van der Waals surface area contributed by atoms with Gasteiger partial charge >= 0.3 is 0 Å². The van der Waals surface area contributed by atoms with Crippen LogP contribution in [-0.4, -0.2) is 0 Å². The van der Waals surface area contributed by atoms with Gasteiger partial charge in [-0.25, -0.2) is 0 Å². The lowest BCUT2D eigenvalue weighted by Crippen LogP contribution is -2.43. The predicted octanol–water partition coefficient (Wildman–Crippen LogP) is 7.70. The van der Waals surface area contributed by atoms with Crippen molar-refractivity contribution in [3.05, 3.63) is 22.8 Å². The van der Waals surface area contributed by atoms with Gasteiger partial charge in [0.15, 0.2) is 0 Å². The summed E-state index contributed by atoms with van der Waals surface area (Å²) < 4.78 is 0. The summed E-state index contributed by atoms with van der Waals surface area (Å²) in [5.74, 6) is 4.08. The Hall–Kier alpha value is -0.520. The summed E-state index contributed by atoms with van der Waals surface area (Å²) in [7, 11) is 0. The Morgan fingerprint density at radius 3 is 2.79 bits per heavy atom. The smallest absolute Gasteiger partial charge is 0.0108 e. The van der Waals surface area contributed by atoms with E-state index >= 15 is 0 Å². The Bertz CT molecular complexity index is 522. The van der Waals surface area contributed by atoms with Crippen molar-refractivity contribution in [2.24, 2.45) is 29.1 Å². The average Bonchev–Trinajstić information content (AvgIpc) is 2.89. The lowest BCUT2D eigenvalue weighted by atomic mass is 9.53. The molecule has 136 valence electrons. The number of hydrogen-bond donors (Lipinski definition) is 0. The van der Waals surface area contributed by atoms with Gasteiger partial charge in [0.2, 0.25) is 0 Å². The minimum Gasteiger partial charge on any atom is -0.0812 e. The van der Waals surface area contributed by atoms with E-state index in [9.17, 15) is 0 Å². The van der Waals surface area contributed by atoms with E-state index in [4.69, 9.17) is 0 Å². The van der Waals surface area contributed by atoms with Crippen molar-refractivity contribution in [2.45, 2.75) is 98.8 Å². The van der Waals surface area contributed by atoms with Gasteiger partial charge in [0.25, 0.3) is 0 Å². The minimum atomic E-state index is 0. The van der Waals surface area contributed by atoms with E-state index in [1.165, 1.54) is 64.2 Å². The second kappa shape index (κ2) is 7.00. The SMILES string of the molecule is C.CCCCC1CCC2C3CCC4=C(CC=C(C)C4)C3CCC12C. The first-order valence-corrected chi connectivity index (χ1v) is 10.5. The van der Waals surface area contributed by atoms with Crippen molar-refractivity contribution in [3.63, 3.8) is 0 Å². The van der Waals surface area contributed by atoms with E-state index < -0.39 is 0 Å². The molecule has 4 rings (SSSR count). The zero-order chi connectivity index (χ0) is 16.0. The fraction of sp³-hybridized carbons (Fsp3) is 0.833. The van der Waals surface area contributed by atoms with Gasteiger partial charge in [-0.3, -0.25) is 0 Å². The van der Waals surface area contributed by atoms with E-state index in [0.717, 1.165) is 23.7 Å². The summed E-state index contributed by atoms with van der Waals surface area (Å²) in [6, 6.07) is 0. The van der Waals surface area contributed by atoms with Crippen molar-refractivity contribution >= 4 is 0 Å². The van der Waals surface area contributed by atoms with Gasteiger partial charge in [-0.15, -0.1) is 0 Å². The van der Waals surface area contributed by atoms with Gasteiger partial charge in [-0.1, -0.05) is 56.9 Å². The molecule has 24 heavy (non-hydrogen) atoms. The Balaban J connectivity index is 0.00000169. The van der Waals surface area contributed by atoms with Crippen LogP contribution < -0.4 is 0 Å². The maximum atomic E-state index is 2.69. The molecule has 0 saturated heterocycles. The van der Waals surface area contributed by atoms with Gasteiger partial charge in [-0.2, -0.15) is 0 Å². The first-order chi connectivity index (χ1) is 11.1. The second-order valence-electron chi connectivity index (χ2n) is 9.44. The standard InChI is InChI=1S/C23H36.CH4/c1-4-5-6-18-9-12-22-21-11-8-17-15-16(2)7-10-19(17)20(21)13-14-23(18,22)3;/h7,18,20-22H,4-6,8-15H2,1-3H3;1H4. The van der Waals surface area contributed by atoms with Crippen molar-refractivity contribution in [1.29, 1.82) is 0 Å². The van der Waals surface area contributed by atoms with Gasteiger partial charge in [0.05, 0.1) is 0 Å². The van der Waals surface area contributed by atoms with Crippen LogP contribution in [-0.2, 0) is 0 Å². The van der Waals surface area contributed by atoms with Crippen molar-refractivity contribution < 1.29 is 0 Å². The highest BCUT2D eigenvalue weighted by atomic mass is 14.6. The van der Waals surface area contributed by atoms with E-state index in [1.807, 2.05) is 11.1 Å². The second-order valence-corrected chi connectivity index (χ2v) is 9.44. The Labute approximate surface area is 151 Å². The Morgan fingerprint density at radius 1 is 1.17 bits per heavy atom. The third-order valence-electron chi connectivity index (χ3n) is 8.38. The highest BCUT2D eigenvalue weighted by Gasteiger charge is 2.54. The Kier molecular flexibility index (Phi) is 5.33. The van der Waals surface area contributed by atoms with Gasteiger partial charge in [-0.05, 0) is 93.8 Å². The molecule has 0 heterocycles. The molecule has 2 saturated carbocycles. The molecule has 0 bridgehead atoms. The molecule has 4 aliphatic carbocycles. The highest BCUT2D eigenvalue weighted by molar-refractivity contribution is 5.33. The number of fused-ring (bicyclic) bond motifs is 4. The maximum absolute atomic E-state index is 2.69. The van der Waals surface area contributed by atoms with E-state index in [0.29, 0.717) is 5.41 Å². The number of rotatable bonds is 3. The first kappa shape index (κ1) is 18.3. The molecule has 4 aliphatic rings. The van der Waals surface area contributed by atoms with Gasteiger partial charge in [0, 0.05) is 0 Å². The lowest BCUT2D eigenvalue weighted by Gasteiger charge is -2.52. The Morgan fingerprint density at radius 2 is 2.00 bits per heavy atom. The summed E-state index contributed by atoms with van der Waals surface area (Å²) >= 11 is 0. The van der Waals surface area contributed by atoms with Crippen LogP contribution >= 0.6 is 0 Å². The summed E-state index contributed by atoms with van der Waals surface area (Å²) in [5, 5.41) is 0. The quantitative estimate of drug-likeness (QED) is 0.465. The molecule has 5 atom stereocenters. The van der Waals surface area contributed by atoms with Crippen molar-refractivity contribution in [2.75, 3.05) is 0 Å². The van der Waals surface area contributed by atoms with Gasteiger partial charge < -0.3 is 0 Å². The predicted molar refractivity (Wildman–Crippen MR) is 106 cm³/mol. The molecule has 0 aliphatic heterocycles. The summed E-state index contributed by atoms with van der Waals surface area (Å²) in [4.78, 5) is 0. The molecule has 0 nitrogen and oxygen atoms in total. The monoisotopic (exact) mass is 328 g/mol. The zero-order valence-electron chi connectivity index (χ0n) is 15.7. The van der Waals surface area contributed by atoms with Crippen molar-refractivity contribution in [1.82, 2.24) is 0 Å². The summed E-state index contributed by atoms with van der Waals surface area (Å²) in [6.45, 7) is 7.39. The molecule has 0 aromatic heterocycles. The van der Waals surface area contributed by atoms with E-state index in [-0.39, 0.29) is 7.43 Å². The molecular formula is C24H40. The molecule has 2 fully saturated rings. The molecule has 0 aromatic rings. The lowest BCUT2D eigenvalue weighted by molar-refractivity contribution is 0.0116. The molecule has 0 N–H and O–H groups in total. The largest absolute Gasteiger partial charge is 0.0812 e. The number of hydrogen-bond acceptors (Lipinski definition) is 0. The minimum absolute atomic E-state index is 0. The number of allylic oxidation sites excluding steroid dienone is 4. The molecule has 0 aromatic carbocycles.